The Bertz CT molecular complexity index is 593. The molecule has 0 aromatic carbocycles. The van der Waals surface area contributed by atoms with Gasteiger partial charge in [0, 0.05) is 12.6 Å². The van der Waals surface area contributed by atoms with E-state index in [4.69, 9.17) is 16.3 Å². The number of hydrogen-bond acceptors (Lipinski definition) is 5. The van der Waals surface area contributed by atoms with Crippen LogP contribution >= 0.6 is 11.6 Å². The summed E-state index contributed by atoms with van der Waals surface area (Å²) >= 11 is 5.82. The standard InChI is InChI=1S/C14H16ClN3O3/c1-8(19)9-2-3-12(15)17-13(9)21-14(20)18-7-5-10-11(18)4-6-16-10/h2-3,10-11,16H,4-7H2,1H3. The summed E-state index contributed by atoms with van der Waals surface area (Å²) in [7, 11) is 0. The normalized spacial score (nSPS) is 24.0. The lowest BCUT2D eigenvalue weighted by Gasteiger charge is -2.22. The van der Waals surface area contributed by atoms with Crippen LogP contribution in [0.2, 0.25) is 5.15 Å². The molecular formula is C14H16ClN3O3. The number of ether oxygens (including phenoxy) is 1. The summed E-state index contributed by atoms with van der Waals surface area (Å²) in [5.74, 6) is -0.238. The highest BCUT2D eigenvalue weighted by molar-refractivity contribution is 6.29. The largest absolute Gasteiger partial charge is 0.416 e. The van der Waals surface area contributed by atoms with Crippen LogP contribution in [0.15, 0.2) is 12.1 Å². The second-order valence-corrected chi connectivity index (χ2v) is 5.70. The molecule has 1 aromatic heterocycles. The number of hydrogen-bond donors (Lipinski definition) is 1. The first-order chi connectivity index (χ1) is 10.1. The minimum Gasteiger partial charge on any atom is -0.390 e. The van der Waals surface area contributed by atoms with Crippen molar-refractivity contribution < 1.29 is 14.3 Å². The van der Waals surface area contributed by atoms with Gasteiger partial charge in [0.15, 0.2) is 5.78 Å². The molecule has 2 unspecified atom stereocenters. The number of rotatable bonds is 2. The highest BCUT2D eigenvalue weighted by atomic mass is 35.5. The number of halogens is 1. The Balaban J connectivity index is 1.78. The minimum absolute atomic E-state index is 0.0191. The summed E-state index contributed by atoms with van der Waals surface area (Å²) in [4.78, 5) is 29.5. The van der Waals surface area contributed by atoms with Crippen LogP contribution < -0.4 is 10.1 Å². The number of pyridine rings is 1. The van der Waals surface area contributed by atoms with Crippen molar-refractivity contribution in [2.24, 2.45) is 0 Å². The molecule has 2 aliphatic heterocycles. The van der Waals surface area contributed by atoms with E-state index in [0.29, 0.717) is 12.6 Å². The molecule has 0 aliphatic carbocycles. The number of carbonyl (C=O) groups is 2. The first kappa shape index (κ1) is 14.3. The smallest absolute Gasteiger partial charge is 0.390 e. The second-order valence-electron chi connectivity index (χ2n) is 5.31. The van der Waals surface area contributed by atoms with Crippen molar-refractivity contribution in [2.75, 3.05) is 13.1 Å². The zero-order chi connectivity index (χ0) is 15.0. The van der Waals surface area contributed by atoms with Crippen LogP contribution in [0.5, 0.6) is 5.88 Å². The van der Waals surface area contributed by atoms with Crippen LogP contribution in [0.25, 0.3) is 0 Å². The molecule has 3 heterocycles. The number of Topliss-reactive ketones (excluding diaryl/α,β-unsaturated/α-hetero) is 1. The van der Waals surface area contributed by atoms with E-state index in [1.807, 2.05) is 0 Å². The molecule has 2 aliphatic rings. The molecule has 1 amide bonds. The van der Waals surface area contributed by atoms with Crippen LogP contribution in [-0.2, 0) is 0 Å². The Morgan fingerprint density at radius 2 is 2.24 bits per heavy atom. The van der Waals surface area contributed by atoms with Crippen molar-refractivity contribution >= 4 is 23.5 Å². The Kier molecular flexibility index (Phi) is 3.82. The average molecular weight is 310 g/mol. The van der Waals surface area contributed by atoms with E-state index in [9.17, 15) is 9.59 Å². The molecule has 2 saturated heterocycles. The number of ketones is 1. The molecule has 6 nitrogen and oxygen atoms in total. The number of nitrogens with zero attached hydrogens (tertiary/aromatic N) is 2. The van der Waals surface area contributed by atoms with Gasteiger partial charge in [-0.3, -0.25) is 4.79 Å². The SMILES string of the molecule is CC(=O)c1ccc(Cl)nc1OC(=O)N1CCC2NCCC21. The highest BCUT2D eigenvalue weighted by Crippen LogP contribution is 2.27. The van der Waals surface area contributed by atoms with E-state index in [0.717, 1.165) is 19.4 Å². The predicted molar refractivity (Wildman–Crippen MR) is 76.8 cm³/mol. The number of likely N-dealkylation sites (tertiary alicyclic amines) is 1. The summed E-state index contributed by atoms with van der Waals surface area (Å²) in [6.07, 6.45) is 1.37. The molecule has 2 fully saturated rings. The first-order valence-electron chi connectivity index (χ1n) is 6.95. The molecule has 0 radical (unpaired) electrons. The van der Waals surface area contributed by atoms with Gasteiger partial charge in [0.1, 0.15) is 5.15 Å². The van der Waals surface area contributed by atoms with Crippen LogP contribution in [0.4, 0.5) is 4.79 Å². The minimum atomic E-state index is -0.469. The van der Waals surface area contributed by atoms with Gasteiger partial charge in [-0.2, -0.15) is 0 Å². The fourth-order valence-electron chi connectivity index (χ4n) is 3.00. The maximum atomic E-state index is 12.3. The van der Waals surface area contributed by atoms with E-state index in [-0.39, 0.29) is 28.4 Å². The number of aromatic nitrogens is 1. The van der Waals surface area contributed by atoms with Crippen molar-refractivity contribution in [3.8, 4) is 5.88 Å². The van der Waals surface area contributed by atoms with Crippen molar-refractivity contribution in [3.05, 3.63) is 22.8 Å². The first-order valence-corrected chi connectivity index (χ1v) is 7.33. The van der Waals surface area contributed by atoms with Crippen LogP contribution in [0.3, 0.4) is 0 Å². The van der Waals surface area contributed by atoms with Gasteiger partial charge in [0.25, 0.3) is 0 Å². The lowest BCUT2D eigenvalue weighted by Crippen LogP contribution is -2.40. The quantitative estimate of drug-likeness (QED) is 0.667. The summed E-state index contributed by atoms with van der Waals surface area (Å²) in [5.41, 5.74) is 0.257. The third-order valence-electron chi connectivity index (χ3n) is 4.02. The molecule has 112 valence electrons. The van der Waals surface area contributed by atoms with E-state index >= 15 is 0 Å². The molecule has 0 spiro atoms. The van der Waals surface area contributed by atoms with Crippen molar-refractivity contribution in [2.45, 2.75) is 31.8 Å². The van der Waals surface area contributed by atoms with Crippen LogP contribution in [0.1, 0.15) is 30.1 Å². The topological polar surface area (TPSA) is 71.5 Å². The summed E-state index contributed by atoms with van der Waals surface area (Å²) in [6.45, 7) is 2.96. The maximum Gasteiger partial charge on any atom is 0.416 e. The van der Waals surface area contributed by atoms with Gasteiger partial charge in [-0.05, 0) is 38.4 Å². The molecular weight excluding hydrogens is 294 g/mol. The molecule has 2 atom stereocenters. The lowest BCUT2D eigenvalue weighted by molar-refractivity contribution is 0.101. The third kappa shape index (κ3) is 2.73. The summed E-state index contributed by atoms with van der Waals surface area (Å²) in [6, 6.07) is 3.53. The van der Waals surface area contributed by atoms with Gasteiger partial charge in [0.2, 0.25) is 5.88 Å². The average Bonchev–Trinajstić information content (AvgIpc) is 3.00. The maximum absolute atomic E-state index is 12.3. The molecule has 21 heavy (non-hydrogen) atoms. The zero-order valence-electron chi connectivity index (χ0n) is 11.6. The van der Waals surface area contributed by atoms with Gasteiger partial charge >= 0.3 is 6.09 Å². The zero-order valence-corrected chi connectivity index (χ0v) is 12.4. The molecule has 0 saturated carbocycles. The predicted octanol–water partition coefficient (Wildman–Crippen LogP) is 1.87. The van der Waals surface area contributed by atoms with Crippen LogP contribution in [0, 0.1) is 0 Å². The van der Waals surface area contributed by atoms with Crippen molar-refractivity contribution in [3.63, 3.8) is 0 Å². The fourth-order valence-corrected chi connectivity index (χ4v) is 3.14. The monoisotopic (exact) mass is 309 g/mol. The van der Waals surface area contributed by atoms with Gasteiger partial charge in [-0.15, -0.1) is 0 Å². The van der Waals surface area contributed by atoms with Crippen LogP contribution in [-0.4, -0.2) is 46.9 Å². The highest BCUT2D eigenvalue weighted by Gasteiger charge is 2.41. The molecule has 1 N–H and O–H groups in total. The van der Waals surface area contributed by atoms with Gasteiger partial charge in [-0.1, -0.05) is 11.6 Å². The molecule has 0 bridgehead atoms. The van der Waals surface area contributed by atoms with Crippen molar-refractivity contribution in [1.82, 2.24) is 15.2 Å². The molecule has 7 heteroatoms. The lowest BCUT2D eigenvalue weighted by atomic mass is 10.1. The summed E-state index contributed by atoms with van der Waals surface area (Å²) in [5, 5.41) is 3.55. The Morgan fingerprint density at radius 1 is 1.43 bits per heavy atom. The molecule has 3 rings (SSSR count). The van der Waals surface area contributed by atoms with Gasteiger partial charge in [-0.25, -0.2) is 9.78 Å². The number of amides is 1. The van der Waals surface area contributed by atoms with E-state index in [1.54, 1.807) is 4.90 Å². The Morgan fingerprint density at radius 3 is 3.00 bits per heavy atom. The number of carbonyl (C=O) groups excluding carboxylic acids is 2. The Hall–Kier alpha value is -1.66. The summed E-state index contributed by atoms with van der Waals surface area (Å²) < 4.78 is 5.32. The molecule has 1 aromatic rings. The second kappa shape index (κ2) is 5.61. The number of fused-ring (bicyclic) bond motifs is 1. The fraction of sp³-hybridized carbons (Fsp3) is 0.500. The van der Waals surface area contributed by atoms with E-state index in [2.05, 4.69) is 10.3 Å². The number of nitrogens with one attached hydrogen (secondary N) is 1. The van der Waals surface area contributed by atoms with E-state index in [1.165, 1.54) is 19.1 Å². The van der Waals surface area contributed by atoms with Gasteiger partial charge < -0.3 is 15.0 Å². The van der Waals surface area contributed by atoms with E-state index < -0.39 is 6.09 Å². The van der Waals surface area contributed by atoms with Crippen molar-refractivity contribution in [1.29, 1.82) is 0 Å². The van der Waals surface area contributed by atoms with Gasteiger partial charge in [0.05, 0.1) is 11.6 Å². The Labute approximate surface area is 127 Å². The third-order valence-corrected chi connectivity index (χ3v) is 4.23.